The predicted octanol–water partition coefficient (Wildman–Crippen LogP) is 1.35. The minimum Gasteiger partial charge on any atom is -0.380 e. The zero-order valence-electron chi connectivity index (χ0n) is 11.4. The molecular weight excluding hydrogens is 230 g/mol. The van der Waals surface area contributed by atoms with E-state index in [0.29, 0.717) is 12.6 Å². The van der Waals surface area contributed by atoms with Crippen LogP contribution < -0.4 is 16.0 Å². The number of nitrogens with one attached hydrogen (secondary N) is 1. The Morgan fingerprint density at radius 2 is 2.11 bits per heavy atom. The van der Waals surface area contributed by atoms with E-state index in [0.717, 1.165) is 37.9 Å². The van der Waals surface area contributed by atoms with Gasteiger partial charge in [0.15, 0.2) is 0 Å². The van der Waals surface area contributed by atoms with Crippen molar-refractivity contribution in [3.05, 3.63) is 6.07 Å². The van der Waals surface area contributed by atoms with Crippen LogP contribution in [0.15, 0.2) is 6.07 Å². The molecule has 0 aliphatic heterocycles. The van der Waals surface area contributed by atoms with Crippen LogP contribution in [0.1, 0.15) is 20.8 Å². The first-order chi connectivity index (χ1) is 8.71. The number of rotatable bonds is 8. The fourth-order valence-corrected chi connectivity index (χ4v) is 1.64. The van der Waals surface area contributed by atoms with Crippen LogP contribution in [0.2, 0.25) is 0 Å². The highest BCUT2D eigenvalue weighted by atomic mass is 16.5. The van der Waals surface area contributed by atoms with Gasteiger partial charge in [0.05, 0.1) is 6.61 Å². The van der Waals surface area contributed by atoms with E-state index in [9.17, 15) is 0 Å². The van der Waals surface area contributed by atoms with Gasteiger partial charge < -0.3 is 20.7 Å². The smallest absolute Gasteiger partial charge is 0.223 e. The fraction of sp³-hybridized carbons (Fsp3) is 0.667. The molecule has 1 aromatic rings. The third kappa shape index (κ3) is 4.37. The first-order valence-corrected chi connectivity index (χ1v) is 6.42. The lowest BCUT2D eigenvalue weighted by Gasteiger charge is -2.22. The lowest BCUT2D eigenvalue weighted by molar-refractivity contribution is 0.154. The topological polar surface area (TPSA) is 76.3 Å². The maximum Gasteiger partial charge on any atom is 0.223 e. The molecule has 0 radical (unpaired) electrons. The van der Waals surface area contributed by atoms with E-state index in [1.54, 1.807) is 0 Å². The van der Waals surface area contributed by atoms with Gasteiger partial charge in [-0.2, -0.15) is 9.97 Å². The molecule has 0 fully saturated rings. The minimum absolute atomic E-state index is 0.290. The molecule has 1 aromatic heterocycles. The Kier molecular flexibility index (Phi) is 6.21. The molecule has 0 atom stereocenters. The molecule has 6 heteroatoms. The van der Waals surface area contributed by atoms with Gasteiger partial charge in [0.25, 0.3) is 0 Å². The van der Waals surface area contributed by atoms with Crippen LogP contribution in [-0.4, -0.2) is 42.8 Å². The summed E-state index contributed by atoms with van der Waals surface area (Å²) in [6.07, 6.45) is 0. The van der Waals surface area contributed by atoms with E-state index in [1.165, 1.54) is 0 Å². The van der Waals surface area contributed by atoms with Crippen LogP contribution in [0.4, 0.5) is 17.6 Å². The fourth-order valence-electron chi connectivity index (χ4n) is 1.64. The summed E-state index contributed by atoms with van der Waals surface area (Å²) >= 11 is 0. The highest BCUT2D eigenvalue weighted by Crippen LogP contribution is 2.16. The Morgan fingerprint density at radius 3 is 2.72 bits per heavy atom. The van der Waals surface area contributed by atoms with Gasteiger partial charge in [-0.3, -0.25) is 0 Å². The number of ether oxygens (including phenoxy) is 1. The van der Waals surface area contributed by atoms with E-state index >= 15 is 0 Å². The molecule has 1 rings (SSSR count). The molecular formula is C12H23N5O. The number of hydrogen-bond donors (Lipinski definition) is 2. The van der Waals surface area contributed by atoms with E-state index in [1.807, 2.05) is 19.9 Å². The molecule has 0 saturated heterocycles. The van der Waals surface area contributed by atoms with E-state index in [2.05, 4.69) is 27.1 Å². The molecule has 0 saturated carbocycles. The van der Waals surface area contributed by atoms with Crippen LogP contribution >= 0.6 is 0 Å². The molecule has 3 N–H and O–H groups in total. The van der Waals surface area contributed by atoms with E-state index in [4.69, 9.17) is 10.5 Å². The second kappa shape index (κ2) is 7.71. The summed E-state index contributed by atoms with van der Waals surface area (Å²) in [7, 11) is 0. The van der Waals surface area contributed by atoms with Gasteiger partial charge in [-0.25, -0.2) is 0 Å². The molecule has 0 amide bonds. The predicted molar refractivity (Wildman–Crippen MR) is 75.0 cm³/mol. The number of nitrogens with two attached hydrogens (primary N) is 1. The Labute approximate surface area is 109 Å². The Morgan fingerprint density at radius 1 is 1.33 bits per heavy atom. The van der Waals surface area contributed by atoms with Gasteiger partial charge in [-0.05, 0) is 20.8 Å². The number of aromatic nitrogens is 2. The largest absolute Gasteiger partial charge is 0.380 e. The van der Waals surface area contributed by atoms with Gasteiger partial charge >= 0.3 is 0 Å². The first-order valence-electron chi connectivity index (χ1n) is 6.42. The molecule has 6 nitrogen and oxygen atoms in total. The quantitative estimate of drug-likeness (QED) is 0.681. The summed E-state index contributed by atoms with van der Waals surface area (Å²) in [5.41, 5.74) is 5.72. The SMILES string of the molecule is CCNc1cc(N(CC)CCOCC)nc(N)n1. The van der Waals surface area contributed by atoms with Crippen LogP contribution in [-0.2, 0) is 4.74 Å². The number of anilines is 3. The minimum atomic E-state index is 0.290. The lowest BCUT2D eigenvalue weighted by atomic mass is 10.4. The van der Waals surface area contributed by atoms with Gasteiger partial charge in [0.1, 0.15) is 11.6 Å². The lowest BCUT2D eigenvalue weighted by Crippen LogP contribution is -2.28. The molecule has 0 bridgehead atoms. The van der Waals surface area contributed by atoms with Crippen molar-refractivity contribution >= 4 is 17.6 Å². The summed E-state index contributed by atoms with van der Waals surface area (Å²) < 4.78 is 5.36. The van der Waals surface area contributed by atoms with Crippen molar-refractivity contribution in [2.24, 2.45) is 0 Å². The monoisotopic (exact) mass is 253 g/mol. The van der Waals surface area contributed by atoms with Gasteiger partial charge in [-0.1, -0.05) is 0 Å². The molecule has 0 aliphatic rings. The summed E-state index contributed by atoms with van der Waals surface area (Å²) in [5, 5.41) is 3.15. The summed E-state index contributed by atoms with van der Waals surface area (Å²) in [5.74, 6) is 1.88. The van der Waals surface area contributed by atoms with Crippen molar-refractivity contribution < 1.29 is 4.74 Å². The van der Waals surface area contributed by atoms with Gasteiger partial charge in [0, 0.05) is 32.3 Å². The standard InChI is InChI=1S/C12H23N5O/c1-4-14-10-9-11(16-12(13)15-10)17(5-2)7-8-18-6-3/h9H,4-8H2,1-3H3,(H3,13,14,15,16). The Hall–Kier alpha value is -1.56. The van der Waals surface area contributed by atoms with Crippen LogP contribution in [0, 0.1) is 0 Å². The molecule has 0 aromatic carbocycles. The maximum atomic E-state index is 5.72. The average molecular weight is 253 g/mol. The van der Waals surface area contributed by atoms with Gasteiger partial charge in [-0.15, -0.1) is 0 Å². The Balaban J connectivity index is 2.77. The number of nitrogen functional groups attached to an aromatic ring is 1. The van der Waals surface area contributed by atoms with Crippen molar-refractivity contribution in [1.82, 2.24) is 9.97 Å². The summed E-state index contributed by atoms with van der Waals surface area (Å²) in [6.45, 7) is 9.96. The molecule has 0 spiro atoms. The van der Waals surface area contributed by atoms with Crippen molar-refractivity contribution in [3.8, 4) is 0 Å². The Bertz CT molecular complexity index is 358. The number of nitrogens with zero attached hydrogens (tertiary/aromatic N) is 3. The van der Waals surface area contributed by atoms with Crippen molar-refractivity contribution in [2.75, 3.05) is 48.8 Å². The van der Waals surface area contributed by atoms with Crippen LogP contribution in [0.25, 0.3) is 0 Å². The summed E-state index contributed by atoms with van der Waals surface area (Å²) in [6, 6.07) is 1.91. The second-order valence-corrected chi connectivity index (χ2v) is 3.78. The highest BCUT2D eigenvalue weighted by molar-refractivity contribution is 5.52. The average Bonchev–Trinajstić information content (AvgIpc) is 2.34. The third-order valence-electron chi connectivity index (χ3n) is 2.50. The van der Waals surface area contributed by atoms with Crippen molar-refractivity contribution in [2.45, 2.75) is 20.8 Å². The third-order valence-corrected chi connectivity index (χ3v) is 2.50. The highest BCUT2D eigenvalue weighted by Gasteiger charge is 2.08. The van der Waals surface area contributed by atoms with Crippen LogP contribution in [0.5, 0.6) is 0 Å². The number of likely N-dealkylation sites (N-methyl/N-ethyl adjacent to an activating group) is 1. The van der Waals surface area contributed by atoms with Crippen molar-refractivity contribution in [1.29, 1.82) is 0 Å². The summed E-state index contributed by atoms with van der Waals surface area (Å²) in [4.78, 5) is 10.5. The zero-order valence-corrected chi connectivity index (χ0v) is 11.4. The molecule has 18 heavy (non-hydrogen) atoms. The van der Waals surface area contributed by atoms with Crippen LogP contribution in [0.3, 0.4) is 0 Å². The second-order valence-electron chi connectivity index (χ2n) is 3.78. The number of hydrogen-bond acceptors (Lipinski definition) is 6. The molecule has 0 unspecified atom stereocenters. The maximum absolute atomic E-state index is 5.72. The van der Waals surface area contributed by atoms with E-state index in [-0.39, 0.29) is 0 Å². The molecule has 1 heterocycles. The zero-order chi connectivity index (χ0) is 13.4. The molecule has 0 aliphatic carbocycles. The normalized spacial score (nSPS) is 10.4. The van der Waals surface area contributed by atoms with Gasteiger partial charge in [0.2, 0.25) is 5.95 Å². The first kappa shape index (κ1) is 14.5. The van der Waals surface area contributed by atoms with Crippen molar-refractivity contribution in [3.63, 3.8) is 0 Å². The van der Waals surface area contributed by atoms with E-state index < -0.39 is 0 Å². The molecule has 102 valence electrons.